The Morgan fingerprint density at radius 2 is 1.02 bits per heavy atom. The molecule has 0 aromatic rings. The Bertz CT molecular complexity index is 1410. The highest BCUT2D eigenvalue weighted by Gasteiger charge is 2.66. The van der Waals surface area contributed by atoms with Crippen molar-refractivity contribution in [1.29, 1.82) is 0 Å². The number of hydrogen-bond donors (Lipinski definition) is 3. The van der Waals surface area contributed by atoms with Gasteiger partial charge in [0.25, 0.3) is 0 Å². The maximum absolute atomic E-state index is 11.8. The first kappa shape index (κ1) is 47.3. The number of carboxylic acids is 1. The van der Waals surface area contributed by atoms with Crippen LogP contribution in [0.2, 0.25) is 0 Å². The lowest BCUT2D eigenvalue weighted by atomic mass is 9.41. The summed E-state index contributed by atoms with van der Waals surface area (Å²) >= 11 is 0. The van der Waals surface area contributed by atoms with Gasteiger partial charge >= 0.3 is 5.97 Å². The van der Waals surface area contributed by atoms with E-state index >= 15 is 0 Å². The van der Waals surface area contributed by atoms with Crippen molar-refractivity contribution in [3.8, 4) is 0 Å². The number of aliphatic hydroxyl groups excluding tert-OH is 2. The molecule has 0 radical (unpaired) electrons. The van der Waals surface area contributed by atoms with E-state index in [2.05, 4.69) is 74.2 Å². The first-order valence-electron chi connectivity index (χ1n) is 25.0. The quantitative estimate of drug-likeness (QED) is 0.167. The van der Waals surface area contributed by atoms with Crippen molar-refractivity contribution in [2.24, 2.45) is 121 Å². The molecule has 0 spiro atoms. The Balaban J connectivity index is 0.000000195. The van der Waals surface area contributed by atoms with Gasteiger partial charge in [0, 0.05) is 6.42 Å². The number of aliphatic imine (C=N–C) groups is 1. The maximum Gasteiger partial charge on any atom is 0.303 e. The summed E-state index contributed by atoms with van der Waals surface area (Å²) in [5, 5.41) is 32.9. The van der Waals surface area contributed by atoms with Gasteiger partial charge < -0.3 is 15.3 Å². The van der Waals surface area contributed by atoms with E-state index in [1.807, 2.05) is 0 Å². The highest BCUT2D eigenvalue weighted by atomic mass is 16.4. The van der Waals surface area contributed by atoms with Crippen LogP contribution in [0, 0.1) is 116 Å². The van der Waals surface area contributed by atoms with Gasteiger partial charge in [0.1, 0.15) is 0 Å². The predicted molar refractivity (Wildman–Crippen MR) is 240 cm³/mol. The van der Waals surface area contributed by atoms with Crippen LogP contribution in [0.4, 0.5) is 0 Å². The van der Waals surface area contributed by atoms with Crippen LogP contribution in [0.5, 0.6) is 0 Å². The average Bonchev–Trinajstić information content (AvgIpc) is 3.72. The fraction of sp³-hybridized carbons (Fsp3) is 0.962. The Morgan fingerprint density at radius 1 is 0.627 bits per heavy atom. The predicted octanol–water partition coefficient (Wildman–Crippen LogP) is 12.5. The zero-order chi connectivity index (χ0) is 42.1. The fourth-order valence-electron chi connectivity index (χ4n) is 19.0. The lowest BCUT2D eigenvalue weighted by Crippen LogP contribution is -2.61. The molecule has 0 bridgehead atoms. The monoisotopic (exact) mass is 822 g/mol. The van der Waals surface area contributed by atoms with E-state index < -0.39 is 5.97 Å². The van der Waals surface area contributed by atoms with Crippen LogP contribution < -0.4 is 0 Å². The summed E-state index contributed by atoms with van der Waals surface area (Å²) in [5.41, 5.74) is 1.32. The standard InChI is InChI=1S/C26H43NO2.C26H44O3.CH4/c1-6-18-22-13-16(2)9-11-26(22,5)21-10-12-25(4)19(17(3)14-27-15-28)7-8-20(25)23(21)24(18)29;1-6-17-21-13-15(2)9-11-26(21,5)20-10-12-25(4)18(16(3)14-22(27)28)7-8-19(25)23(20)24(17)29;/h16-24,29H,6-14H2,1-5H3;15-21,23-24,29H,6-14H2,1-5H3,(H,27,28);1H4/t16-,17-,18-,19-,20+,21+,22+,23+,24-,25-,26-;15-,16-,17-,18-,19+,20+,21+,23+,24-,25-,26-;/m11./s1. The minimum absolute atomic E-state index is 0. The molecule has 8 aliphatic carbocycles. The molecule has 8 aliphatic rings. The number of hydrogen-bond acceptors (Lipinski definition) is 5. The third kappa shape index (κ3) is 7.69. The van der Waals surface area contributed by atoms with Crippen LogP contribution in [-0.4, -0.2) is 46.1 Å². The van der Waals surface area contributed by atoms with Crippen LogP contribution in [0.1, 0.15) is 186 Å². The Labute approximate surface area is 361 Å². The van der Waals surface area contributed by atoms with Crippen molar-refractivity contribution >= 4 is 12.0 Å². The molecule has 0 amide bonds. The molecule has 0 aromatic carbocycles. The Kier molecular flexibility index (Phi) is 14.2. The third-order valence-electron chi connectivity index (χ3n) is 21.8. The van der Waals surface area contributed by atoms with Gasteiger partial charge in [0.15, 0.2) is 0 Å². The first-order valence-corrected chi connectivity index (χ1v) is 25.0. The number of aliphatic carboxylic acids is 1. The number of nitrogens with zero attached hydrogens (tertiary/aromatic N) is 1. The van der Waals surface area contributed by atoms with Crippen LogP contribution in [0.3, 0.4) is 0 Å². The molecule has 59 heavy (non-hydrogen) atoms. The summed E-state index contributed by atoms with van der Waals surface area (Å²) in [7, 11) is 0. The highest BCUT2D eigenvalue weighted by molar-refractivity contribution is 5.67. The van der Waals surface area contributed by atoms with Gasteiger partial charge in [-0.2, -0.15) is 0 Å². The SMILES string of the molecule is C.CC[C@H]1[C@@H](O)[C@@H]2[C@H](CC[C@]3(C)[C@@H]([C@H](C)CC(=O)O)CC[C@@H]23)[C@@]2(C)CC[C@@H](C)C[C@@H]12.CC[C@H]1[C@@H](O)[C@@H]2[C@H](CC[C@]3(C)[C@@H]([C@H](C)CN=C=O)CC[C@@H]23)[C@@]2(C)CC[C@@H](C)C[C@@H]12. The number of carboxylic acid groups (broad SMARTS) is 1. The van der Waals surface area contributed by atoms with Crippen molar-refractivity contribution < 1.29 is 24.9 Å². The van der Waals surface area contributed by atoms with Gasteiger partial charge in [0.2, 0.25) is 6.08 Å². The van der Waals surface area contributed by atoms with Crippen LogP contribution in [-0.2, 0) is 9.59 Å². The molecular formula is C53H91NO5. The summed E-state index contributed by atoms with van der Waals surface area (Å²) < 4.78 is 0. The molecule has 0 aromatic heterocycles. The molecule has 8 fully saturated rings. The largest absolute Gasteiger partial charge is 0.481 e. The van der Waals surface area contributed by atoms with Crippen molar-refractivity contribution in [2.75, 3.05) is 6.54 Å². The number of fused-ring (bicyclic) bond motifs is 10. The minimum Gasteiger partial charge on any atom is -0.481 e. The van der Waals surface area contributed by atoms with Crippen LogP contribution in [0.25, 0.3) is 0 Å². The summed E-state index contributed by atoms with van der Waals surface area (Å²) in [5.74, 6) is 8.50. The molecule has 0 heterocycles. The molecule has 3 N–H and O–H groups in total. The molecular weight excluding hydrogens is 731 g/mol. The fourth-order valence-corrected chi connectivity index (χ4v) is 19.0. The lowest BCUT2D eigenvalue weighted by molar-refractivity contribution is -0.198. The van der Waals surface area contributed by atoms with E-state index in [0.29, 0.717) is 106 Å². The van der Waals surface area contributed by atoms with Crippen molar-refractivity contribution in [3.05, 3.63) is 0 Å². The zero-order valence-corrected chi connectivity index (χ0v) is 38.7. The van der Waals surface area contributed by atoms with E-state index in [4.69, 9.17) is 0 Å². The number of carbonyl (C=O) groups excluding carboxylic acids is 1. The van der Waals surface area contributed by atoms with Gasteiger partial charge in [-0.3, -0.25) is 4.79 Å². The molecule has 22 atom stereocenters. The third-order valence-corrected chi connectivity index (χ3v) is 21.8. The van der Waals surface area contributed by atoms with Crippen molar-refractivity contribution in [2.45, 2.75) is 198 Å². The van der Waals surface area contributed by atoms with Gasteiger partial charge in [-0.25, -0.2) is 9.79 Å². The minimum atomic E-state index is -0.659. The number of aliphatic hydroxyl groups is 2. The molecule has 6 heteroatoms. The van der Waals surface area contributed by atoms with Crippen LogP contribution in [0.15, 0.2) is 4.99 Å². The summed E-state index contributed by atoms with van der Waals surface area (Å²) in [4.78, 5) is 26.0. The molecule has 0 aliphatic heterocycles. The van der Waals surface area contributed by atoms with Crippen molar-refractivity contribution in [3.63, 3.8) is 0 Å². The van der Waals surface area contributed by atoms with Gasteiger partial charge in [0.05, 0.1) is 18.8 Å². The Hall–Kier alpha value is -1.23. The highest BCUT2D eigenvalue weighted by Crippen LogP contribution is 2.71. The normalized spacial score (nSPS) is 51.9. The maximum atomic E-state index is 11.8. The van der Waals surface area contributed by atoms with E-state index in [0.717, 1.165) is 31.1 Å². The smallest absolute Gasteiger partial charge is 0.303 e. The van der Waals surface area contributed by atoms with Crippen LogP contribution >= 0.6 is 0 Å². The number of carbonyl (C=O) groups is 1. The first-order chi connectivity index (χ1) is 27.4. The van der Waals surface area contributed by atoms with E-state index in [9.17, 15) is 24.9 Å². The van der Waals surface area contributed by atoms with Gasteiger partial charge in [-0.15, -0.1) is 0 Å². The van der Waals surface area contributed by atoms with E-state index in [1.54, 1.807) is 6.08 Å². The second kappa shape index (κ2) is 17.7. The number of rotatable bonds is 8. The topological polar surface area (TPSA) is 107 Å². The molecule has 0 unspecified atom stereocenters. The van der Waals surface area contributed by atoms with Crippen molar-refractivity contribution in [1.82, 2.24) is 0 Å². The molecule has 6 nitrogen and oxygen atoms in total. The van der Waals surface area contributed by atoms with E-state index in [1.165, 1.54) is 83.5 Å². The molecule has 8 saturated carbocycles. The molecule has 0 saturated heterocycles. The molecule has 8 rings (SSSR count). The average molecular weight is 822 g/mol. The molecule has 338 valence electrons. The summed E-state index contributed by atoms with van der Waals surface area (Å²) in [6.45, 7) is 24.6. The number of isocyanates is 1. The van der Waals surface area contributed by atoms with Gasteiger partial charge in [-0.05, 0) is 193 Å². The second-order valence-electron chi connectivity index (χ2n) is 24.1. The zero-order valence-electron chi connectivity index (χ0n) is 38.7. The second-order valence-corrected chi connectivity index (χ2v) is 24.1. The lowest BCUT2D eigenvalue weighted by Gasteiger charge is -2.65. The van der Waals surface area contributed by atoms with Gasteiger partial charge in [-0.1, -0.05) is 102 Å². The summed E-state index contributed by atoms with van der Waals surface area (Å²) in [6, 6.07) is 0. The van der Waals surface area contributed by atoms with E-state index in [-0.39, 0.29) is 31.0 Å². The Morgan fingerprint density at radius 3 is 1.41 bits per heavy atom. The summed E-state index contributed by atoms with van der Waals surface area (Å²) in [6.07, 6.45) is 21.9.